The minimum atomic E-state index is -0.572. The molecule has 0 aliphatic carbocycles. The van der Waals surface area contributed by atoms with Crippen molar-refractivity contribution < 1.29 is 9.59 Å². The number of nitrogens with zero attached hydrogens (tertiary/aromatic N) is 1. The molecule has 94 valence electrons. The molecular formula is C11H23N3O2. The maximum Gasteiger partial charge on any atom is 0.229 e. The lowest BCUT2D eigenvalue weighted by Crippen LogP contribution is -2.45. The molecule has 0 spiro atoms. The van der Waals surface area contributed by atoms with Crippen LogP contribution >= 0.6 is 0 Å². The molecule has 0 bridgehead atoms. The first-order chi connectivity index (χ1) is 7.26. The van der Waals surface area contributed by atoms with E-state index in [2.05, 4.69) is 5.32 Å². The molecule has 16 heavy (non-hydrogen) atoms. The van der Waals surface area contributed by atoms with E-state index in [0.29, 0.717) is 13.1 Å². The second-order valence-corrected chi connectivity index (χ2v) is 4.79. The fraction of sp³-hybridized carbons (Fsp3) is 0.818. The molecule has 1 unspecified atom stereocenters. The van der Waals surface area contributed by atoms with E-state index in [1.54, 1.807) is 39.8 Å². The van der Waals surface area contributed by atoms with E-state index in [1.807, 2.05) is 0 Å². The Hall–Kier alpha value is -1.10. The van der Waals surface area contributed by atoms with Crippen molar-refractivity contribution in [1.82, 2.24) is 10.2 Å². The quantitative estimate of drug-likeness (QED) is 0.686. The zero-order valence-corrected chi connectivity index (χ0v) is 10.8. The Bertz CT molecular complexity index is 264. The van der Waals surface area contributed by atoms with Gasteiger partial charge in [-0.15, -0.1) is 0 Å². The van der Waals surface area contributed by atoms with E-state index in [-0.39, 0.29) is 17.7 Å². The van der Waals surface area contributed by atoms with Crippen molar-refractivity contribution in [3.8, 4) is 0 Å². The topological polar surface area (TPSA) is 75.4 Å². The summed E-state index contributed by atoms with van der Waals surface area (Å²) < 4.78 is 0. The normalized spacial score (nSPS) is 13.1. The lowest BCUT2D eigenvalue weighted by molar-refractivity contribution is -0.139. The molecule has 0 aromatic heterocycles. The number of amides is 2. The Balaban J connectivity index is 4.42. The van der Waals surface area contributed by atoms with Gasteiger partial charge in [-0.3, -0.25) is 9.59 Å². The second-order valence-electron chi connectivity index (χ2n) is 4.79. The molecule has 0 saturated carbocycles. The molecule has 0 aliphatic heterocycles. The minimum Gasteiger partial charge on any atom is -0.359 e. The molecule has 3 N–H and O–H groups in total. The van der Waals surface area contributed by atoms with E-state index in [9.17, 15) is 9.59 Å². The van der Waals surface area contributed by atoms with Crippen molar-refractivity contribution >= 4 is 11.8 Å². The van der Waals surface area contributed by atoms with Gasteiger partial charge in [-0.05, 0) is 13.8 Å². The molecule has 0 aromatic rings. The van der Waals surface area contributed by atoms with Gasteiger partial charge >= 0.3 is 0 Å². The molecule has 0 saturated heterocycles. The van der Waals surface area contributed by atoms with Crippen molar-refractivity contribution in [3.05, 3.63) is 0 Å². The zero-order chi connectivity index (χ0) is 12.9. The first-order valence-corrected chi connectivity index (χ1v) is 5.43. The van der Waals surface area contributed by atoms with Gasteiger partial charge in [-0.2, -0.15) is 0 Å². The molecule has 5 heteroatoms. The number of hydrogen-bond donors (Lipinski definition) is 2. The largest absolute Gasteiger partial charge is 0.359 e. The monoisotopic (exact) mass is 229 g/mol. The predicted octanol–water partition coefficient (Wildman–Crippen LogP) is -0.188. The minimum absolute atomic E-state index is 0.0363. The number of nitrogens with one attached hydrogen (secondary N) is 1. The SMILES string of the molecule is CNC(=O)C(C)CN(C)C(=O)C(C)(C)CN. The van der Waals surface area contributed by atoms with Crippen LogP contribution in [0.5, 0.6) is 0 Å². The highest BCUT2D eigenvalue weighted by molar-refractivity contribution is 5.83. The summed E-state index contributed by atoms with van der Waals surface area (Å²) in [6, 6.07) is 0. The summed E-state index contributed by atoms with van der Waals surface area (Å²) in [7, 11) is 3.28. The Labute approximate surface area is 97.4 Å². The van der Waals surface area contributed by atoms with Gasteiger partial charge in [0.15, 0.2) is 0 Å². The van der Waals surface area contributed by atoms with Crippen LogP contribution in [-0.4, -0.2) is 43.9 Å². The highest BCUT2D eigenvalue weighted by atomic mass is 16.2. The van der Waals surface area contributed by atoms with Gasteiger partial charge < -0.3 is 16.0 Å². The smallest absolute Gasteiger partial charge is 0.229 e. The highest BCUT2D eigenvalue weighted by Gasteiger charge is 2.30. The maximum absolute atomic E-state index is 12.0. The molecule has 1 atom stereocenters. The van der Waals surface area contributed by atoms with Crippen molar-refractivity contribution in [2.24, 2.45) is 17.1 Å². The highest BCUT2D eigenvalue weighted by Crippen LogP contribution is 2.16. The van der Waals surface area contributed by atoms with E-state index in [0.717, 1.165) is 0 Å². The third-order valence-electron chi connectivity index (χ3n) is 2.68. The molecular weight excluding hydrogens is 206 g/mol. The van der Waals surface area contributed by atoms with Crippen LogP contribution in [0.4, 0.5) is 0 Å². The Morgan fingerprint density at radius 1 is 1.44 bits per heavy atom. The van der Waals surface area contributed by atoms with Crippen LogP contribution in [0.3, 0.4) is 0 Å². The van der Waals surface area contributed by atoms with Crippen LogP contribution in [0, 0.1) is 11.3 Å². The van der Waals surface area contributed by atoms with Gasteiger partial charge in [0, 0.05) is 27.2 Å². The van der Waals surface area contributed by atoms with Crippen LogP contribution in [0.25, 0.3) is 0 Å². The van der Waals surface area contributed by atoms with Crippen LogP contribution in [-0.2, 0) is 9.59 Å². The molecule has 5 nitrogen and oxygen atoms in total. The van der Waals surface area contributed by atoms with Crippen molar-refractivity contribution in [1.29, 1.82) is 0 Å². The number of carbonyl (C=O) groups is 2. The molecule has 0 heterocycles. The van der Waals surface area contributed by atoms with Gasteiger partial charge in [0.2, 0.25) is 11.8 Å². The van der Waals surface area contributed by atoms with Crippen LogP contribution in [0.2, 0.25) is 0 Å². The number of nitrogens with two attached hydrogens (primary N) is 1. The van der Waals surface area contributed by atoms with E-state index < -0.39 is 5.41 Å². The maximum atomic E-state index is 12.0. The summed E-state index contributed by atoms with van der Waals surface area (Å²) in [5, 5.41) is 2.56. The average molecular weight is 229 g/mol. The van der Waals surface area contributed by atoms with Gasteiger partial charge in [0.05, 0.1) is 11.3 Å². The van der Waals surface area contributed by atoms with Crippen LogP contribution < -0.4 is 11.1 Å². The fourth-order valence-corrected chi connectivity index (χ4v) is 1.43. The molecule has 2 amide bonds. The number of carbonyl (C=O) groups excluding carboxylic acids is 2. The molecule has 0 rings (SSSR count). The van der Waals surface area contributed by atoms with Crippen LogP contribution in [0.15, 0.2) is 0 Å². The van der Waals surface area contributed by atoms with Gasteiger partial charge in [-0.25, -0.2) is 0 Å². The Morgan fingerprint density at radius 3 is 2.31 bits per heavy atom. The zero-order valence-electron chi connectivity index (χ0n) is 10.8. The number of hydrogen-bond acceptors (Lipinski definition) is 3. The third kappa shape index (κ3) is 3.81. The lowest BCUT2D eigenvalue weighted by Gasteiger charge is -2.29. The first-order valence-electron chi connectivity index (χ1n) is 5.43. The summed E-state index contributed by atoms with van der Waals surface area (Å²) in [5.74, 6) is -0.316. The second kappa shape index (κ2) is 5.84. The Morgan fingerprint density at radius 2 is 1.94 bits per heavy atom. The standard InChI is InChI=1S/C11H23N3O2/c1-8(9(15)13-4)6-14(5)10(16)11(2,3)7-12/h8H,6-7,12H2,1-5H3,(H,13,15). The average Bonchev–Trinajstić information content (AvgIpc) is 2.26. The Kier molecular flexibility index (Phi) is 5.44. The number of rotatable bonds is 5. The van der Waals surface area contributed by atoms with Crippen molar-refractivity contribution in [2.45, 2.75) is 20.8 Å². The molecule has 0 fully saturated rings. The summed E-state index contributed by atoms with van der Waals surface area (Å²) >= 11 is 0. The lowest BCUT2D eigenvalue weighted by atomic mass is 9.91. The fourth-order valence-electron chi connectivity index (χ4n) is 1.43. The van der Waals surface area contributed by atoms with Crippen molar-refractivity contribution in [3.63, 3.8) is 0 Å². The van der Waals surface area contributed by atoms with Crippen molar-refractivity contribution in [2.75, 3.05) is 27.2 Å². The molecule has 0 aromatic carbocycles. The molecule has 0 radical (unpaired) electrons. The first kappa shape index (κ1) is 14.9. The van der Waals surface area contributed by atoms with Gasteiger partial charge in [-0.1, -0.05) is 6.92 Å². The third-order valence-corrected chi connectivity index (χ3v) is 2.68. The summed E-state index contributed by atoms with van der Waals surface area (Å²) in [4.78, 5) is 24.8. The van der Waals surface area contributed by atoms with Crippen LogP contribution in [0.1, 0.15) is 20.8 Å². The van der Waals surface area contributed by atoms with Gasteiger partial charge in [0.1, 0.15) is 0 Å². The van der Waals surface area contributed by atoms with E-state index in [1.165, 1.54) is 0 Å². The van der Waals surface area contributed by atoms with E-state index in [4.69, 9.17) is 5.73 Å². The summed E-state index contributed by atoms with van der Waals surface area (Å²) in [6.07, 6.45) is 0. The summed E-state index contributed by atoms with van der Waals surface area (Å²) in [6.45, 7) is 6.09. The molecule has 0 aliphatic rings. The summed E-state index contributed by atoms with van der Waals surface area (Å²) in [5.41, 5.74) is 4.96. The predicted molar refractivity (Wildman–Crippen MR) is 63.7 cm³/mol. The van der Waals surface area contributed by atoms with Gasteiger partial charge in [0.25, 0.3) is 0 Å². The van der Waals surface area contributed by atoms with E-state index >= 15 is 0 Å².